The van der Waals surface area contributed by atoms with Crippen LogP contribution < -0.4 is 22.1 Å². The summed E-state index contributed by atoms with van der Waals surface area (Å²) in [6.45, 7) is -0.0218. The molecule has 0 atom stereocenters. The minimum atomic E-state index is -0.0428. The Labute approximate surface area is 233 Å². The molecule has 0 saturated carbocycles. The fourth-order valence-corrected chi connectivity index (χ4v) is 7.51. The number of nitrogens with zero attached hydrogens (tertiary/aromatic N) is 4. The van der Waals surface area contributed by atoms with Gasteiger partial charge in [-0.2, -0.15) is 0 Å². The van der Waals surface area contributed by atoms with E-state index in [0.717, 1.165) is 55.3 Å². The first-order valence-electron chi connectivity index (χ1n) is 14.0. The van der Waals surface area contributed by atoms with Gasteiger partial charge in [-0.25, -0.2) is 13.6 Å². The quantitative estimate of drug-likeness (QED) is 0.235. The molecular weight excluding hydrogens is 503 g/mol. The van der Waals surface area contributed by atoms with Crippen molar-refractivity contribution in [3.8, 4) is 5.69 Å². The maximum absolute atomic E-state index is 14.7. The largest absolute Gasteiger partial charge is 0.340 e. The van der Waals surface area contributed by atoms with Crippen LogP contribution in [-0.2, 0) is 0 Å². The smallest absolute Gasteiger partial charge is 0.304 e. The van der Waals surface area contributed by atoms with Crippen molar-refractivity contribution in [3.63, 3.8) is 0 Å². The van der Waals surface area contributed by atoms with Gasteiger partial charge in [0, 0.05) is 11.1 Å². The Morgan fingerprint density at radius 2 is 1.10 bits per heavy atom. The lowest BCUT2D eigenvalue weighted by molar-refractivity contribution is 0.937. The lowest BCUT2D eigenvalue weighted by atomic mass is 9.36. The number of hydrogen-bond donors (Lipinski definition) is 0. The molecule has 41 heavy (non-hydrogen) atoms. The molecule has 0 unspecified atom stereocenters. The lowest BCUT2D eigenvalue weighted by Crippen LogP contribution is -2.55. The molecule has 5 aromatic carbocycles. The third-order valence-electron chi connectivity index (χ3n) is 9.00. The van der Waals surface area contributed by atoms with E-state index in [1.54, 1.807) is 0 Å². The summed E-state index contributed by atoms with van der Waals surface area (Å²) in [6, 6.07) is 44.5. The van der Waals surface area contributed by atoms with Crippen molar-refractivity contribution in [3.05, 3.63) is 138 Å². The van der Waals surface area contributed by atoms with E-state index in [9.17, 15) is 4.79 Å². The van der Waals surface area contributed by atoms with Crippen LogP contribution in [0.4, 0.5) is 0 Å². The van der Waals surface area contributed by atoms with E-state index in [1.807, 2.05) is 27.0 Å². The molecule has 5 heterocycles. The third kappa shape index (κ3) is 2.43. The number of para-hydroxylation sites is 4. The summed E-state index contributed by atoms with van der Waals surface area (Å²) < 4.78 is 8.59. The molecule has 0 aliphatic carbocycles. The molecule has 1 aliphatic heterocycles. The normalized spacial score (nSPS) is 12.9. The molecule has 9 aromatic rings. The second-order valence-corrected chi connectivity index (χ2v) is 11.0. The summed E-state index contributed by atoms with van der Waals surface area (Å²) in [5, 5.41) is 2.17. The molecular formula is C35H21BN4O. The van der Waals surface area contributed by atoms with E-state index >= 15 is 0 Å². The predicted molar refractivity (Wildman–Crippen MR) is 169 cm³/mol. The van der Waals surface area contributed by atoms with Gasteiger partial charge in [0.15, 0.2) is 5.65 Å². The van der Waals surface area contributed by atoms with Gasteiger partial charge in [0.1, 0.15) is 5.65 Å². The minimum Gasteiger partial charge on any atom is -0.304 e. The maximum atomic E-state index is 14.7. The van der Waals surface area contributed by atoms with Crippen LogP contribution in [0.5, 0.6) is 0 Å². The highest BCUT2D eigenvalue weighted by molar-refractivity contribution is 6.99. The van der Waals surface area contributed by atoms with Crippen molar-refractivity contribution >= 4 is 72.8 Å². The fraction of sp³-hybridized carbons (Fsp3) is 0. The van der Waals surface area contributed by atoms with Crippen LogP contribution >= 0.6 is 0 Å². The Bertz CT molecular complexity index is 2610. The van der Waals surface area contributed by atoms with Crippen molar-refractivity contribution in [1.29, 1.82) is 0 Å². The molecule has 5 nitrogen and oxygen atoms in total. The van der Waals surface area contributed by atoms with Gasteiger partial charge in [0.05, 0.1) is 27.6 Å². The SMILES string of the molecule is O=c1n2c3ccccc3c3c2n2c4c(cccc4n(-c4ccccc4)c4c5ccccc5n1c42)B3c1ccccc1. The van der Waals surface area contributed by atoms with Crippen LogP contribution in [0, 0.1) is 0 Å². The number of rotatable bonds is 2. The lowest BCUT2D eigenvalue weighted by Gasteiger charge is -2.27. The van der Waals surface area contributed by atoms with E-state index in [1.165, 1.54) is 16.4 Å². The van der Waals surface area contributed by atoms with Crippen molar-refractivity contribution < 1.29 is 0 Å². The standard InChI is InChI=1S/C35H21BN4O/c41-35-38-27-19-9-7-16-24(27)30-33(38)40-32-26(36(30)22-12-3-1-4-13-22)18-11-21-29(32)37(23-14-5-2-6-15-23)31-25-17-8-10-20-28(25)39(35)34(31)40/h1-21H. The summed E-state index contributed by atoms with van der Waals surface area (Å²) >= 11 is 0. The molecule has 0 N–H and O–H groups in total. The van der Waals surface area contributed by atoms with Crippen molar-refractivity contribution in [2.45, 2.75) is 0 Å². The van der Waals surface area contributed by atoms with Crippen molar-refractivity contribution in [2.24, 2.45) is 0 Å². The van der Waals surface area contributed by atoms with Crippen LogP contribution in [-0.4, -0.2) is 24.5 Å². The zero-order valence-corrected chi connectivity index (χ0v) is 21.9. The number of fused-ring (bicyclic) bond motifs is 6. The zero-order chi connectivity index (χ0) is 26.8. The summed E-state index contributed by atoms with van der Waals surface area (Å²) in [7, 11) is 0. The molecule has 190 valence electrons. The molecule has 0 amide bonds. The van der Waals surface area contributed by atoms with E-state index in [2.05, 4.69) is 118 Å². The Kier molecular flexibility index (Phi) is 3.84. The molecule has 0 fully saturated rings. The van der Waals surface area contributed by atoms with E-state index < -0.39 is 0 Å². The van der Waals surface area contributed by atoms with Gasteiger partial charge in [-0.1, -0.05) is 103 Å². The second-order valence-electron chi connectivity index (χ2n) is 11.0. The summed E-state index contributed by atoms with van der Waals surface area (Å²) in [5.41, 5.74) is 11.6. The molecule has 6 heteroatoms. The first-order chi connectivity index (χ1) is 20.3. The Balaban J connectivity index is 1.62. The van der Waals surface area contributed by atoms with Crippen LogP contribution in [0.15, 0.2) is 132 Å². The van der Waals surface area contributed by atoms with E-state index in [4.69, 9.17) is 0 Å². The Morgan fingerprint density at radius 3 is 1.88 bits per heavy atom. The summed E-state index contributed by atoms with van der Waals surface area (Å²) in [4.78, 5) is 14.7. The van der Waals surface area contributed by atoms with Crippen molar-refractivity contribution in [1.82, 2.24) is 17.8 Å². The Hall–Kier alpha value is -5.49. The van der Waals surface area contributed by atoms with Gasteiger partial charge in [0.2, 0.25) is 6.71 Å². The van der Waals surface area contributed by atoms with Crippen LogP contribution in [0.25, 0.3) is 55.3 Å². The maximum Gasteiger partial charge on any atom is 0.340 e. The van der Waals surface area contributed by atoms with Gasteiger partial charge in [-0.15, -0.1) is 0 Å². The molecule has 0 spiro atoms. The third-order valence-corrected chi connectivity index (χ3v) is 9.00. The van der Waals surface area contributed by atoms with E-state index in [-0.39, 0.29) is 12.4 Å². The average Bonchev–Trinajstić information content (AvgIpc) is 3.56. The second kappa shape index (κ2) is 7.37. The number of hydrogen-bond acceptors (Lipinski definition) is 1. The van der Waals surface area contributed by atoms with Crippen LogP contribution in [0.1, 0.15) is 0 Å². The number of aromatic nitrogens is 4. The monoisotopic (exact) mass is 524 g/mol. The molecule has 0 saturated heterocycles. The summed E-state index contributed by atoms with van der Waals surface area (Å²) in [5.74, 6) is 0. The minimum absolute atomic E-state index is 0.0218. The van der Waals surface area contributed by atoms with Gasteiger partial charge < -0.3 is 4.57 Å². The molecule has 1 aliphatic rings. The highest BCUT2D eigenvalue weighted by Crippen LogP contribution is 2.36. The van der Waals surface area contributed by atoms with Gasteiger partial charge >= 0.3 is 5.69 Å². The topological polar surface area (TPSA) is 35.2 Å². The van der Waals surface area contributed by atoms with Crippen molar-refractivity contribution in [2.75, 3.05) is 0 Å². The van der Waals surface area contributed by atoms with Gasteiger partial charge in [-0.05, 0) is 46.6 Å². The Morgan fingerprint density at radius 1 is 0.488 bits per heavy atom. The molecule has 10 rings (SSSR count). The molecule has 0 bridgehead atoms. The fourth-order valence-electron chi connectivity index (χ4n) is 7.51. The highest BCUT2D eigenvalue weighted by Gasteiger charge is 2.37. The first-order valence-corrected chi connectivity index (χ1v) is 14.0. The first kappa shape index (κ1) is 21.4. The average molecular weight is 524 g/mol. The predicted octanol–water partition coefficient (Wildman–Crippen LogP) is 4.88. The molecule has 4 aromatic heterocycles. The zero-order valence-electron chi connectivity index (χ0n) is 21.9. The number of benzene rings is 5. The van der Waals surface area contributed by atoms with Crippen LogP contribution in [0.2, 0.25) is 0 Å². The van der Waals surface area contributed by atoms with Crippen LogP contribution in [0.3, 0.4) is 0 Å². The summed E-state index contributed by atoms with van der Waals surface area (Å²) in [6.07, 6.45) is 0. The molecule has 0 radical (unpaired) electrons. The highest BCUT2D eigenvalue weighted by atomic mass is 16.1. The van der Waals surface area contributed by atoms with Gasteiger partial charge in [0.25, 0.3) is 0 Å². The van der Waals surface area contributed by atoms with Gasteiger partial charge in [-0.3, -0.25) is 4.40 Å². The van der Waals surface area contributed by atoms with E-state index in [0.29, 0.717) is 0 Å².